The summed E-state index contributed by atoms with van der Waals surface area (Å²) in [5, 5.41) is 6.49. The lowest BCUT2D eigenvalue weighted by molar-refractivity contribution is 0.578. The molecule has 0 spiro atoms. The standard InChI is InChI=1S/C28H23ClN4O2/c29-21-10-13-25-20(16-21)17-26(35-25)27-31-24-7-3-2-6-23(24)28(34)33(27)30-18-19-8-11-22(12-9-19)32-14-4-1-5-15-32/h2-3,6-13,16-18H,1,4-5,14-15H2. The maximum Gasteiger partial charge on any atom is 0.282 e. The maximum atomic E-state index is 13.4. The number of piperidine rings is 1. The first-order valence-electron chi connectivity index (χ1n) is 11.8. The number of rotatable bonds is 4. The Hall–Kier alpha value is -3.90. The minimum atomic E-state index is -0.259. The third-order valence-corrected chi connectivity index (χ3v) is 6.62. The van der Waals surface area contributed by atoms with Crippen LogP contribution in [0.4, 0.5) is 5.69 Å². The minimum Gasteiger partial charge on any atom is -0.453 e. The van der Waals surface area contributed by atoms with Gasteiger partial charge in [-0.15, -0.1) is 0 Å². The fourth-order valence-corrected chi connectivity index (χ4v) is 4.74. The number of furan rings is 1. The maximum absolute atomic E-state index is 13.4. The van der Waals surface area contributed by atoms with Gasteiger partial charge in [-0.1, -0.05) is 35.9 Å². The summed E-state index contributed by atoms with van der Waals surface area (Å²) in [6.45, 7) is 2.19. The summed E-state index contributed by atoms with van der Waals surface area (Å²) < 4.78 is 7.33. The number of halogens is 1. The average molecular weight is 483 g/mol. The van der Waals surface area contributed by atoms with Crippen LogP contribution in [-0.2, 0) is 0 Å². The predicted molar refractivity (Wildman–Crippen MR) is 142 cm³/mol. The first-order chi connectivity index (χ1) is 17.2. The number of fused-ring (bicyclic) bond motifs is 2. The normalized spacial score (nSPS) is 14.4. The van der Waals surface area contributed by atoms with Crippen LogP contribution in [0.1, 0.15) is 24.8 Å². The van der Waals surface area contributed by atoms with Crippen LogP contribution in [-0.4, -0.2) is 29.0 Å². The molecular formula is C28H23ClN4O2. The molecule has 5 aromatic rings. The Morgan fingerprint density at radius 3 is 2.57 bits per heavy atom. The second-order valence-electron chi connectivity index (χ2n) is 8.75. The molecule has 174 valence electrons. The Morgan fingerprint density at radius 2 is 1.74 bits per heavy atom. The largest absolute Gasteiger partial charge is 0.453 e. The molecule has 0 radical (unpaired) electrons. The van der Waals surface area contributed by atoms with Gasteiger partial charge in [0.05, 0.1) is 17.1 Å². The molecule has 1 aliphatic rings. The Morgan fingerprint density at radius 1 is 0.943 bits per heavy atom. The van der Waals surface area contributed by atoms with Crippen molar-refractivity contribution in [3.8, 4) is 11.6 Å². The molecular weight excluding hydrogens is 460 g/mol. The van der Waals surface area contributed by atoms with Gasteiger partial charge < -0.3 is 9.32 Å². The molecule has 1 saturated heterocycles. The number of nitrogens with zero attached hydrogens (tertiary/aromatic N) is 4. The molecule has 1 fully saturated rings. The van der Waals surface area contributed by atoms with Crippen molar-refractivity contribution in [1.29, 1.82) is 0 Å². The SMILES string of the molecule is O=c1c2ccccc2nc(-c2cc3cc(Cl)ccc3o2)n1N=Cc1ccc(N2CCCCC2)cc1. The number of anilines is 1. The molecule has 0 atom stereocenters. The molecule has 6 rings (SSSR count). The van der Waals surface area contributed by atoms with Gasteiger partial charge >= 0.3 is 0 Å². The van der Waals surface area contributed by atoms with Crippen LogP contribution < -0.4 is 10.5 Å². The van der Waals surface area contributed by atoms with Crippen LogP contribution in [0.3, 0.4) is 0 Å². The molecule has 0 unspecified atom stereocenters. The average Bonchev–Trinajstić information content (AvgIpc) is 3.32. The van der Waals surface area contributed by atoms with E-state index in [1.54, 1.807) is 24.4 Å². The Bertz CT molecular complexity index is 1610. The predicted octanol–water partition coefficient (Wildman–Crippen LogP) is 6.34. The highest BCUT2D eigenvalue weighted by Crippen LogP contribution is 2.29. The van der Waals surface area contributed by atoms with E-state index in [-0.39, 0.29) is 5.56 Å². The molecule has 0 N–H and O–H groups in total. The molecule has 7 heteroatoms. The van der Waals surface area contributed by atoms with Crippen LogP contribution in [0.2, 0.25) is 5.02 Å². The smallest absolute Gasteiger partial charge is 0.282 e. The molecule has 35 heavy (non-hydrogen) atoms. The number of hydrogen-bond donors (Lipinski definition) is 0. The summed E-state index contributed by atoms with van der Waals surface area (Å²) in [5.74, 6) is 0.782. The van der Waals surface area contributed by atoms with Crippen LogP contribution >= 0.6 is 11.6 Å². The van der Waals surface area contributed by atoms with E-state index in [9.17, 15) is 4.79 Å². The molecule has 0 aliphatic carbocycles. The van der Waals surface area contributed by atoms with Gasteiger partial charge in [-0.3, -0.25) is 4.79 Å². The lowest BCUT2D eigenvalue weighted by Gasteiger charge is -2.28. The third kappa shape index (κ3) is 4.21. The van der Waals surface area contributed by atoms with Crippen LogP contribution in [0.15, 0.2) is 87.1 Å². The monoisotopic (exact) mass is 482 g/mol. The number of para-hydroxylation sites is 1. The van der Waals surface area contributed by atoms with E-state index in [4.69, 9.17) is 21.0 Å². The lowest BCUT2D eigenvalue weighted by Crippen LogP contribution is -2.29. The van der Waals surface area contributed by atoms with Crippen LogP contribution in [0, 0.1) is 0 Å². The molecule has 2 aromatic heterocycles. The van der Waals surface area contributed by atoms with Crippen molar-refractivity contribution in [2.75, 3.05) is 18.0 Å². The van der Waals surface area contributed by atoms with E-state index in [2.05, 4.69) is 22.1 Å². The number of benzene rings is 3. The third-order valence-electron chi connectivity index (χ3n) is 6.39. The zero-order valence-electron chi connectivity index (χ0n) is 19.0. The Balaban J connectivity index is 1.42. The highest BCUT2D eigenvalue weighted by Gasteiger charge is 2.17. The van der Waals surface area contributed by atoms with Crippen molar-refractivity contribution in [2.45, 2.75) is 19.3 Å². The van der Waals surface area contributed by atoms with E-state index in [1.807, 2.05) is 42.5 Å². The summed E-state index contributed by atoms with van der Waals surface area (Å²) in [6.07, 6.45) is 5.45. The Labute approximate surface area is 207 Å². The van der Waals surface area contributed by atoms with Gasteiger partial charge in [-0.2, -0.15) is 9.78 Å². The van der Waals surface area contributed by atoms with Crippen molar-refractivity contribution >= 4 is 45.4 Å². The van der Waals surface area contributed by atoms with E-state index >= 15 is 0 Å². The van der Waals surface area contributed by atoms with Crippen molar-refractivity contribution in [1.82, 2.24) is 9.66 Å². The minimum absolute atomic E-state index is 0.259. The van der Waals surface area contributed by atoms with Gasteiger partial charge in [0.15, 0.2) is 5.76 Å². The van der Waals surface area contributed by atoms with Gasteiger partial charge in [-0.05, 0) is 73.4 Å². The molecule has 0 bridgehead atoms. The molecule has 0 amide bonds. The van der Waals surface area contributed by atoms with Gasteiger partial charge in [0.2, 0.25) is 5.82 Å². The van der Waals surface area contributed by atoms with Gasteiger partial charge in [0, 0.05) is 29.2 Å². The Kier molecular flexibility index (Phi) is 5.58. The van der Waals surface area contributed by atoms with E-state index in [0.717, 1.165) is 24.0 Å². The van der Waals surface area contributed by atoms with Crippen molar-refractivity contribution in [3.63, 3.8) is 0 Å². The van der Waals surface area contributed by atoms with Crippen LogP contribution in [0.25, 0.3) is 33.5 Å². The second kappa shape index (κ2) is 9.04. The first-order valence-corrected chi connectivity index (χ1v) is 12.1. The highest BCUT2D eigenvalue weighted by atomic mass is 35.5. The van der Waals surface area contributed by atoms with E-state index in [1.165, 1.54) is 29.6 Å². The zero-order chi connectivity index (χ0) is 23.8. The summed E-state index contributed by atoms with van der Waals surface area (Å²) >= 11 is 6.15. The highest BCUT2D eigenvalue weighted by molar-refractivity contribution is 6.31. The topological polar surface area (TPSA) is 63.6 Å². The van der Waals surface area contributed by atoms with Gasteiger partial charge in [0.1, 0.15) is 5.58 Å². The number of aromatic nitrogens is 2. The fourth-order valence-electron chi connectivity index (χ4n) is 4.56. The van der Waals surface area contributed by atoms with Crippen LogP contribution in [0.5, 0.6) is 0 Å². The summed E-state index contributed by atoms with van der Waals surface area (Å²) in [7, 11) is 0. The van der Waals surface area contributed by atoms with E-state index < -0.39 is 0 Å². The fraction of sp³-hybridized carbons (Fsp3) is 0.179. The first kappa shape index (κ1) is 21.6. The molecule has 1 aliphatic heterocycles. The molecule has 0 saturated carbocycles. The quantitative estimate of drug-likeness (QED) is 0.280. The lowest BCUT2D eigenvalue weighted by atomic mass is 10.1. The molecule has 3 aromatic carbocycles. The second-order valence-corrected chi connectivity index (χ2v) is 9.18. The summed E-state index contributed by atoms with van der Waals surface area (Å²) in [6, 6.07) is 22.7. The van der Waals surface area contributed by atoms with E-state index in [0.29, 0.717) is 33.1 Å². The zero-order valence-corrected chi connectivity index (χ0v) is 19.8. The molecule has 3 heterocycles. The summed E-state index contributed by atoms with van der Waals surface area (Å²) in [5.41, 5.74) is 3.10. The molecule has 6 nitrogen and oxygen atoms in total. The van der Waals surface area contributed by atoms with Gasteiger partial charge in [0.25, 0.3) is 5.56 Å². The number of hydrogen-bond acceptors (Lipinski definition) is 5. The summed E-state index contributed by atoms with van der Waals surface area (Å²) in [4.78, 5) is 20.6. The van der Waals surface area contributed by atoms with Crippen molar-refractivity contribution in [2.24, 2.45) is 5.10 Å². The van der Waals surface area contributed by atoms with Gasteiger partial charge in [-0.25, -0.2) is 4.98 Å². The van der Waals surface area contributed by atoms with Crippen molar-refractivity contribution in [3.05, 3.63) is 93.7 Å². The van der Waals surface area contributed by atoms with Crippen molar-refractivity contribution < 1.29 is 4.42 Å².